The summed E-state index contributed by atoms with van der Waals surface area (Å²) in [5, 5.41) is 0.983. The van der Waals surface area contributed by atoms with Crippen molar-refractivity contribution in [3.63, 3.8) is 0 Å². The smallest absolute Gasteiger partial charge is 0.341 e. The number of ether oxygens (including phenoxy) is 3. The first-order valence-corrected chi connectivity index (χ1v) is 5.53. The Morgan fingerprint density at radius 1 is 1.05 bits per heavy atom. The van der Waals surface area contributed by atoms with Crippen LogP contribution in [-0.2, 0) is 33.4 Å². The van der Waals surface area contributed by atoms with Gasteiger partial charge in [0.25, 0.3) is 5.54 Å². The predicted molar refractivity (Wildman–Crippen MR) is 60.6 cm³/mol. The van der Waals surface area contributed by atoms with E-state index < -0.39 is 35.5 Å². The number of rotatable bonds is 3. The summed E-state index contributed by atoms with van der Waals surface area (Å²) in [7, 11) is 4.73. The standard InChI is InChI=1S/C11H17NO7/c1-6-7(8(13)16-3)11(9(14)17-4,10(15)18-5)12(2)19-6/h6-7H,1-5H3/t6-,7+/m1/s1. The highest BCUT2D eigenvalue weighted by molar-refractivity contribution is 6.09. The predicted octanol–water partition coefficient (Wildman–Crippen LogP) is -0.874. The van der Waals surface area contributed by atoms with E-state index in [0.29, 0.717) is 0 Å². The summed E-state index contributed by atoms with van der Waals surface area (Å²) in [6.45, 7) is 1.55. The zero-order chi connectivity index (χ0) is 14.8. The van der Waals surface area contributed by atoms with Gasteiger partial charge in [0.05, 0.1) is 27.4 Å². The lowest BCUT2D eigenvalue weighted by Crippen LogP contribution is -2.62. The molecule has 1 rings (SSSR count). The van der Waals surface area contributed by atoms with Crippen LogP contribution in [-0.4, -0.2) is 63.0 Å². The fourth-order valence-electron chi connectivity index (χ4n) is 2.32. The maximum atomic E-state index is 12.1. The number of nitrogens with zero attached hydrogens (tertiary/aromatic N) is 1. The van der Waals surface area contributed by atoms with Crippen molar-refractivity contribution in [2.75, 3.05) is 28.4 Å². The maximum absolute atomic E-state index is 12.1. The Labute approximate surface area is 110 Å². The minimum atomic E-state index is -2.00. The molecule has 0 aliphatic carbocycles. The van der Waals surface area contributed by atoms with Crippen molar-refractivity contribution >= 4 is 17.9 Å². The second kappa shape index (κ2) is 5.54. The van der Waals surface area contributed by atoms with Gasteiger partial charge in [-0.1, -0.05) is 0 Å². The largest absolute Gasteiger partial charge is 0.469 e. The SMILES string of the molecule is COC(=O)[C@@H]1[C@@H](C)ON(C)C1(C(=O)OC)C(=O)OC. The molecule has 19 heavy (non-hydrogen) atoms. The summed E-state index contributed by atoms with van der Waals surface area (Å²) in [4.78, 5) is 41.3. The van der Waals surface area contributed by atoms with Crippen molar-refractivity contribution in [3.05, 3.63) is 0 Å². The highest BCUT2D eigenvalue weighted by Crippen LogP contribution is 2.39. The van der Waals surface area contributed by atoms with E-state index in [2.05, 4.69) is 14.2 Å². The number of hydrogen-bond acceptors (Lipinski definition) is 8. The molecule has 0 aromatic rings. The van der Waals surface area contributed by atoms with E-state index in [-0.39, 0.29) is 0 Å². The summed E-state index contributed by atoms with van der Waals surface area (Å²) in [6, 6.07) is 0. The molecule has 8 heteroatoms. The zero-order valence-electron chi connectivity index (χ0n) is 11.5. The number of carbonyl (C=O) groups is 3. The average Bonchev–Trinajstić information content (AvgIpc) is 2.67. The quantitative estimate of drug-likeness (QED) is 0.373. The zero-order valence-corrected chi connectivity index (χ0v) is 11.5. The first-order valence-electron chi connectivity index (χ1n) is 5.53. The Bertz CT molecular complexity index is 379. The van der Waals surface area contributed by atoms with Crippen LogP contribution in [0.1, 0.15) is 6.92 Å². The molecule has 0 aromatic carbocycles. The number of likely N-dealkylation sites (N-methyl/N-ethyl adjacent to an activating group) is 1. The first kappa shape index (κ1) is 15.4. The number of methoxy groups -OCH3 is 3. The second-order valence-electron chi connectivity index (χ2n) is 4.06. The molecule has 0 unspecified atom stereocenters. The van der Waals surface area contributed by atoms with Gasteiger partial charge in [0.15, 0.2) is 0 Å². The molecule has 0 amide bonds. The van der Waals surface area contributed by atoms with Crippen LogP contribution < -0.4 is 0 Å². The Balaban J connectivity index is 3.42. The normalized spacial score (nSPS) is 25.7. The van der Waals surface area contributed by atoms with Crippen molar-refractivity contribution in [3.8, 4) is 0 Å². The summed E-state index contributed by atoms with van der Waals surface area (Å²) >= 11 is 0. The Kier molecular flexibility index (Phi) is 4.48. The van der Waals surface area contributed by atoms with E-state index in [1.807, 2.05) is 0 Å². The molecule has 0 aromatic heterocycles. The summed E-state index contributed by atoms with van der Waals surface area (Å²) in [5.41, 5.74) is -2.00. The monoisotopic (exact) mass is 275 g/mol. The lowest BCUT2D eigenvalue weighted by Gasteiger charge is -2.31. The molecule has 108 valence electrons. The molecular weight excluding hydrogens is 258 g/mol. The topological polar surface area (TPSA) is 91.4 Å². The van der Waals surface area contributed by atoms with Crippen LogP contribution in [0.4, 0.5) is 0 Å². The third kappa shape index (κ3) is 2.06. The lowest BCUT2D eigenvalue weighted by molar-refractivity contribution is -0.202. The molecule has 1 saturated heterocycles. The Morgan fingerprint density at radius 2 is 1.53 bits per heavy atom. The van der Waals surface area contributed by atoms with Crippen molar-refractivity contribution in [2.24, 2.45) is 5.92 Å². The van der Waals surface area contributed by atoms with Gasteiger partial charge in [0.1, 0.15) is 5.92 Å². The van der Waals surface area contributed by atoms with E-state index >= 15 is 0 Å². The van der Waals surface area contributed by atoms with Crippen molar-refractivity contribution in [1.29, 1.82) is 0 Å². The van der Waals surface area contributed by atoms with E-state index in [9.17, 15) is 14.4 Å². The Hall–Kier alpha value is -1.67. The Morgan fingerprint density at radius 3 is 1.89 bits per heavy atom. The van der Waals surface area contributed by atoms with Crippen LogP contribution in [0.15, 0.2) is 0 Å². The third-order valence-electron chi connectivity index (χ3n) is 3.19. The lowest BCUT2D eigenvalue weighted by atomic mass is 9.81. The molecule has 0 radical (unpaired) electrons. The van der Waals surface area contributed by atoms with Crippen LogP contribution in [0, 0.1) is 5.92 Å². The van der Waals surface area contributed by atoms with Crippen molar-refractivity contribution < 1.29 is 33.4 Å². The van der Waals surface area contributed by atoms with Crippen molar-refractivity contribution in [2.45, 2.75) is 18.6 Å². The van der Waals surface area contributed by atoms with Gasteiger partial charge in [-0.15, -0.1) is 0 Å². The molecule has 0 spiro atoms. The molecule has 1 fully saturated rings. The minimum Gasteiger partial charge on any atom is -0.469 e. The molecule has 0 saturated carbocycles. The van der Waals surface area contributed by atoms with E-state index in [0.717, 1.165) is 26.4 Å². The molecule has 0 bridgehead atoms. The van der Waals surface area contributed by atoms with E-state index in [1.165, 1.54) is 7.05 Å². The highest BCUT2D eigenvalue weighted by Gasteiger charge is 2.68. The van der Waals surface area contributed by atoms with Gasteiger partial charge in [-0.3, -0.25) is 9.63 Å². The molecule has 8 nitrogen and oxygen atoms in total. The van der Waals surface area contributed by atoms with Gasteiger partial charge in [0.2, 0.25) is 0 Å². The fourth-order valence-corrected chi connectivity index (χ4v) is 2.32. The van der Waals surface area contributed by atoms with Crippen LogP contribution in [0.3, 0.4) is 0 Å². The maximum Gasteiger partial charge on any atom is 0.341 e. The van der Waals surface area contributed by atoms with Crippen molar-refractivity contribution in [1.82, 2.24) is 5.06 Å². The number of carbonyl (C=O) groups excluding carboxylic acids is 3. The van der Waals surface area contributed by atoms with Crippen LogP contribution in [0.25, 0.3) is 0 Å². The third-order valence-corrected chi connectivity index (χ3v) is 3.19. The molecule has 2 atom stereocenters. The second-order valence-corrected chi connectivity index (χ2v) is 4.06. The van der Waals surface area contributed by atoms with Crippen LogP contribution in [0.5, 0.6) is 0 Å². The highest BCUT2D eigenvalue weighted by atomic mass is 16.7. The average molecular weight is 275 g/mol. The molecule has 0 N–H and O–H groups in total. The van der Waals surface area contributed by atoms with E-state index in [1.54, 1.807) is 6.92 Å². The van der Waals surface area contributed by atoms with Gasteiger partial charge in [-0.25, -0.2) is 9.59 Å². The van der Waals surface area contributed by atoms with Gasteiger partial charge in [-0.05, 0) is 6.92 Å². The van der Waals surface area contributed by atoms with Gasteiger partial charge in [0, 0.05) is 7.05 Å². The molecule has 1 aliphatic rings. The summed E-state index contributed by atoms with van der Waals surface area (Å²) in [5.74, 6) is -3.82. The number of esters is 3. The minimum absolute atomic E-state index is 0.740. The van der Waals surface area contributed by atoms with Crippen LogP contribution in [0.2, 0.25) is 0 Å². The number of hydroxylamine groups is 2. The number of hydrogen-bond donors (Lipinski definition) is 0. The first-order chi connectivity index (χ1) is 8.87. The van der Waals surface area contributed by atoms with Gasteiger partial charge >= 0.3 is 17.9 Å². The summed E-state index contributed by atoms with van der Waals surface area (Å²) < 4.78 is 13.9. The van der Waals surface area contributed by atoms with E-state index in [4.69, 9.17) is 4.84 Å². The van der Waals surface area contributed by atoms with Gasteiger partial charge < -0.3 is 14.2 Å². The van der Waals surface area contributed by atoms with Crippen LogP contribution >= 0.6 is 0 Å². The molecule has 1 aliphatic heterocycles. The summed E-state index contributed by atoms with van der Waals surface area (Å²) in [6.07, 6.45) is -0.740. The van der Waals surface area contributed by atoms with Gasteiger partial charge in [-0.2, -0.15) is 5.06 Å². The molecular formula is C11H17NO7. The fraction of sp³-hybridized carbons (Fsp3) is 0.727. The molecule has 1 heterocycles.